The standard InChI is InChI=1S/C22H30N4OS/c1-16-12-22(13-16,17-8-5-4-6-9-17)24-20(27)19-15-28-21(23-19)26(3)14-18-10-7-11-25(18)2/h4-6,8-9,15-16,18H,7,10-14H2,1-3H3,(H,24,27)/t16?,18-,22?/m0/s1. The van der Waals surface area contributed by atoms with Crippen LogP contribution in [-0.4, -0.2) is 49.0 Å². The number of carbonyl (C=O) groups is 1. The van der Waals surface area contributed by atoms with E-state index >= 15 is 0 Å². The molecule has 1 saturated carbocycles. The van der Waals surface area contributed by atoms with E-state index in [1.807, 2.05) is 23.6 Å². The number of carbonyl (C=O) groups excluding carboxylic acids is 1. The molecule has 5 nitrogen and oxygen atoms in total. The minimum Gasteiger partial charge on any atom is -0.350 e. The van der Waals surface area contributed by atoms with Gasteiger partial charge in [0.1, 0.15) is 5.69 Å². The zero-order valence-electron chi connectivity index (χ0n) is 17.0. The molecule has 2 aliphatic rings. The average molecular weight is 399 g/mol. The zero-order chi connectivity index (χ0) is 19.7. The molecule has 1 aliphatic heterocycles. The first-order valence-electron chi connectivity index (χ1n) is 10.2. The molecular weight excluding hydrogens is 368 g/mol. The highest BCUT2D eigenvalue weighted by atomic mass is 32.1. The molecule has 0 unspecified atom stereocenters. The third kappa shape index (κ3) is 3.80. The highest BCUT2D eigenvalue weighted by molar-refractivity contribution is 7.13. The van der Waals surface area contributed by atoms with Crippen LogP contribution in [0.25, 0.3) is 0 Å². The van der Waals surface area contributed by atoms with Crippen molar-refractivity contribution in [2.75, 3.05) is 32.1 Å². The second-order valence-electron chi connectivity index (χ2n) is 8.59. The number of likely N-dealkylation sites (N-methyl/N-ethyl adjacent to an activating group) is 2. The van der Waals surface area contributed by atoms with E-state index in [4.69, 9.17) is 0 Å². The Balaban J connectivity index is 1.44. The third-order valence-corrected chi connectivity index (χ3v) is 7.24. The summed E-state index contributed by atoms with van der Waals surface area (Å²) in [5.74, 6) is 0.561. The highest BCUT2D eigenvalue weighted by Gasteiger charge is 2.44. The summed E-state index contributed by atoms with van der Waals surface area (Å²) in [5.41, 5.74) is 1.47. The van der Waals surface area contributed by atoms with Gasteiger partial charge in [-0.3, -0.25) is 4.79 Å². The first-order valence-corrected chi connectivity index (χ1v) is 11.1. The summed E-state index contributed by atoms with van der Waals surface area (Å²) in [4.78, 5) is 22.2. The van der Waals surface area contributed by atoms with Crippen molar-refractivity contribution in [2.24, 2.45) is 5.92 Å². The van der Waals surface area contributed by atoms with Gasteiger partial charge >= 0.3 is 0 Å². The van der Waals surface area contributed by atoms with Crippen LogP contribution in [0.4, 0.5) is 5.13 Å². The number of nitrogens with one attached hydrogen (secondary N) is 1. The molecule has 150 valence electrons. The first-order chi connectivity index (χ1) is 13.5. The van der Waals surface area contributed by atoms with Gasteiger partial charge in [0.2, 0.25) is 0 Å². The number of likely N-dealkylation sites (tertiary alicyclic amines) is 1. The Morgan fingerprint density at radius 2 is 2.11 bits per heavy atom. The number of amides is 1. The van der Waals surface area contributed by atoms with Crippen LogP contribution >= 0.6 is 11.3 Å². The number of benzene rings is 1. The lowest BCUT2D eigenvalue weighted by Gasteiger charge is -2.47. The molecule has 1 N–H and O–H groups in total. The van der Waals surface area contributed by atoms with Gasteiger partial charge < -0.3 is 15.1 Å². The van der Waals surface area contributed by atoms with Crippen molar-refractivity contribution >= 4 is 22.4 Å². The van der Waals surface area contributed by atoms with Crippen LogP contribution in [0.2, 0.25) is 0 Å². The summed E-state index contributed by atoms with van der Waals surface area (Å²) in [6, 6.07) is 10.9. The number of aromatic nitrogens is 1. The fourth-order valence-corrected chi connectivity index (χ4v) is 5.51. The molecule has 2 heterocycles. The molecule has 0 radical (unpaired) electrons. The Kier molecular flexibility index (Phi) is 5.43. The number of rotatable bonds is 6. The maximum Gasteiger partial charge on any atom is 0.271 e. The van der Waals surface area contributed by atoms with E-state index in [-0.39, 0.29) is 11.4 Å². The smallest absolute Gasteiger partial charge is 0.271 e. The van der Waals surface area contributed by atoms with Gasteiger partial charge in [-0.25, -0.2) is 4.98 Å². The van der Waals surface area contributed by atoms with Crippen LogP contribution in [0.15, 0.2) is 35.7 Å². The second kappa shape index (κ2) is 7.84. The van der Waals surface area contributed by atoms with Crippen molar-refractivity contribution < 1.29 is 4.79 Å². The zero-order valence-corrected chi connectivity index (χ0v) is 17.8. The maximum absolute atomic E-state index is 13.0. The summed E-state index contributed by atoms with van der Waals surface area (Å²) in [5, 5.41) is 6.11. The fraction of sp³-hybridized carbons (Fsp3) is 0.545. The van der Waals surface area contributed by atoms with Crippen molar-refractivity contribution in [1.82, 2.24) is 15.2 Å². The quantitative estimate of drug-likeness (QED) is 0.806. The summed E-state index contributed by atoms with van der Waals surface area (Å²) in [6.07, 6.45) is 4.46. The Bertz CT molecular complexity index is 815. The monoisotopic (exact) mass is 398 g/mol. The molecule has 1 aromatic heterocycles. The van der Waals surface area contributed by atoms with E-state index in [1.54, 1.807) is 11.3 Å². The Morgan fingerprint density at radius 1 is 1.36 bits per heavy atom. The van der Waals surface area contributed by atoms with Gasteiger partial charge in [-0.2, -0.15) is 0 Å². The Hall–Kier alpha value is -1.92. The SMILES string of the molecule is CC1CC(NC(=O)c2csc(N(C)C[C@@H]3CCCN3C)n2)(c2ccccc2)C1. The van der Waals surface area contributed by atoms with Gasteiger partial charge in [0.15, 0.2) is 5.13 Å². The number of thiazole rings is 1. The lowest BCUT2D eigenvalue weighted by molar-refractivity contribution is 0.0710. The second-order valence-corrected chi connectivity index (χ2v) is 9.42. The summed E-state index contributed by atoms with van der Waals surface area (Å²) in [6.45, 7) is 4.36. The van der Waals surface area contributed by atoms with Crippen LogP contribution in [0.3, 0.4) is 0 Å². The Labute approximate surface area is 171 Å². The molecule has 0 spiro atoms. The van der Waals surface area contributed by atoms with E-state index in [1.165, 1.54) is 24.9 Å². The van der Waals surface area contributed by atoms with Crippen molar-refractivity contribution in [3.05, 3.63) is 47.0 Å². The largest absolute Gasteiger partial charge is 0.350 e. The minimum atomic E-state index is -0.250. The average Bonchev–Trinajstić information content (AvgIpc) is 3.31. The number of nitrogens with zero attached hydrogens (tertiary/aromatic N) is 3. The molecule has 2 aromatic rings. The van der Waals surface area contributed by atoms with Gasteiger partial charge in [-0.05, 0) is 50.8 Å². The van der Waals surface area contributed by atoms with Crippen LogP contribution < -0.4 is 10.2 Å². The first kappa shape index (κ1) is 19.4. The van der Waals surface area contributed by atoms with Crippen LogP contribution in [0.1, 0.15) is 48.7 Å². The van der Waals surface area contributed by atoms with E-state index in [0.29, 0.717) is 17.7 Å². The van der Waals surface area contributed by atoms with E-state index < -0.39 is 0 Å². The van der Waals surface area contributed by atoms with E-state index in [2.05, 4.69) is 53.3 Å². The maximum atomic E-state index is 13.0. The predicted octanol–water partition coefficient (Wildman–Crippen LogP) is 3.73. The van der Waals surface area contributed by atoms with E-state index in [9.17, 15) is 4.79 Å². The Morgan fingerprint density at radius 3 is 2.75 bits per heavy atom. The van der Waals surface area contributed by atoms with Gasteiger partial charge in [0, 0.05) is 25.0 Å². The molecule has 1 aromatic carbocycles. The third-order valence-electron chi connectivity index (χ3n) is 6.28. The lowest BCUT2D eigenvalue weighted by atomic mass is 9.65. The van der Waals surface area contributed by atoms with E-state index in [0.717, 1.165) is 24.5 Å². The van der Waals surface area contributed by atoms with Crippen molar-refractivity contribution in [1.29, 1.82) is 0 Å². The number of anilines is 1. The molecule has 6 heteroatoms. The summed E-state index contributed by atoms with van der Waals surface area (Å²) < 4.78 is 0. The molecule has 28 heavy (non-hydrogen) atoms. The van der Waals surface area contributed by atoms with Gasteiger partial charge in [-0.15, -0.1) is 11.3 Å². The van der Waals surface area contributed by atoms with Crippen molar-refractivity contribution in [3.8, 4) is 0 Å². The van der Waals surface area contributed by atoms with Crippen LogP contribution in [0, 0.1) is 5.92 Å². The topological polar surface area (TPSA) is 48.5 Å². The molecule has 2 fully saturated rings. The van der Waals surface area contributed by atoms with Gasteiger partial charge in [0.05, 0.1) is 5.54 Å². The fourth-order valence-electron chi connectivity index (χ4n) is 4.73. The number of hydrogen-bond donors (Lipinski definition) is 1. The molecule has 4 rings (SSSR count). The summed E-state index contributed by atoms with van der Waals surface area (Å²) >= 11 is 1.55. The van der Waals surface area contributed by atoms with Gasteiger partial charge in [0.25, 0.3) is 5.91 Å². The van der Waals surface area contributed by atoms with Crippen molar-refractivity contribution in [3.63, 3.8) is 0 Å². The summed E-state index contributed by atoms with van der Waals surface area (Å²) in [7, 11) is 4.26. The molecular formula is C22H30N4OS. The minimum absolute atomic E-state index is 0.0652. The van der Waals surface area contributed by atoms with Crippen molar-refractivity contribution in [2.45, 2.75) is 44.2 Å². The lowest BCUT2D eigenvalue weighted by Crippen LogP contribution is -2.54. The molecule has 1 aliphatic carbocycles. The number of hydrogen-bond acceptors (Lipinski definition) is 5. The molecule has 1 saturated heterocycles. The molecule has 1 amide bonds. The predicted molar refractivity (Wildman–Crippen MR) is 115 cm³/mol. The molecule has 1 atom stereocenters. The van der Waals surface area contributed by atoms with Crippen LogP contribution in [-0.2, 0) is 5.54 Å². The molecule has 0 bridgehead atoms. The highest BCUT2D eigenvalue weighted by Crippen LogP contribution is 2.45. The van der Waals surface area contributed by atoms with Gasteiger partial charge in [-0.1, -0.05) is 37.3 Å². The normalized spacial score (nSPS) is 27.4. The van der Waals surface area contributed by atoms with Crippen LogP contribution in [0.5, 0.6) is 0 Å².